The first-order chi connectivity index (χ1) is 11.4. The monoisotopic (exact) mass is 330 g/mol. The molecule has 0 spiro atoms. The van der Waals surface area contributed by atoms with E-state index in [2.05, 4.69) is 10.6 Å². The number of nitrogens with one attached hydrogen (secondary N) is 2. The first kappa shape index (κ1) is 18.1. The van der Waals surface area contributed by atoms with E-state index in [-0.39, 0.29) is 24.2 Å². The maximum Gasteiger partial charge on any atom is 0.225 e. The molecular formula is C19H23FN2O2. The average molecular weight is 330 g/mol. The van der Waals surface area contributed by atoms with Gasteiger partial charge in [-0.3, -0.25) is 4.79 Å². The summed E-state index contributed by atoms with van der Waals surface area (Å²) in [5.41, 5.74) is 2.41. The predicted octanol–water partition coefficient (Wildman–Crippen LogP) is 3.17. The largest absolute Gasteiger partial charge is 0.387 e. The van der Waals surface area contributed by atoms with E-state index in [0.29, 0.717) is 12.2 Å². The minimum atomic E-state index is -0.626. The van der Waals surface area contributed by atoms with Crippen molar-refractivity contribution in [2.75, 3.05) is 11.9 Å². The first-order valence-electron chi connectivity index (χ1n) is 7.97. The van der Waals surface area contributed by atoms with E-state index in [1.807, 2.05) is 38.1 Å². The summed E-state index contributed by atoms with van der Waals surface area (Å²) in [4.78, 5) is 12.0. The van der Waals surface area contributed by atoms with Crippen LogP contribution in [0, 0.1) is 12.7 Å². The van der Waals surface area contributed by atoms with Crippen molar-refractivity contribution in [2.45, 2.75) is 32.4 Å². The number of halogens is 1. The molecule has 3 N–H and O–H groups in total. The number of aliphatic hydroxyl groups is 1. The number of anilines is 1. The fraction of sp³-hybridized carbons (Fsp3) is 0.316. The maximum atomic E-state index is 13.1. The molecule has 0 aliphatic carbocycles. The highest BCUT2D eigenvalue weighted by Crippen LogP contribution is 2.13. The highest BCUT2D eigenvalue weighted by atomic mass is 19.1. The van der Waals surface area contributed by atoms with Gasteiger partial charge in [-0.15, -0.1) is 0 Å². The van der Waals surface area contributed by atoms with Crippen molar-refractivity contribution in [1.82, 2.24) is 5.32 Å². The molecule has 5 heteroatoms. The van der Waals surface area contributed by atoms with E-state index < -0.39 is 6.10 Å². The summed E-state index contributed by atoms with van der Waals surface area (Å²) in [6.07, 6.45) is -0.392. The lowest BCUT2D eigenvalue weighted by Crippen LogP contribution is -2.33. The van der Waals surface area contributed by atoms with Crippen LogP contribution >= 0.6 is 0 Å². The molecule has 0 radical (unpaired) electrons. The van der Waals surface area contributed by atoms with Crippen LogP contribution in [0.3, 0.4) is 0 Å². The van der Waals surface area contributed by atoms with Gasteiger partial charge in [-0.1, -0.05) is 35.9 Å². The number of carbonyl (C=O) groups excluding carboxylic acids is 1. The molecule has 2 aromatic carbocycles. The minimum Gasteiger partial charge on any atom is -0.387 e. The summed E-state index contributed by atoms with van der Waals surface area (Å²) in [5, 5.41) is 16.0. The van der Waals surface area contributed by atoms with Crippen molar-refractivity contribution in [3.05, 3.63) is 65.5 Å². The van der Waals surface area contributed by atoms with Crippen LogP contribution in [0.15, 0.2) is 48.5 Å². The van der Waals surface area contributed by atoms with Crippen LogP contribution in [0.1, 0.15) is 30.6 Å². The van der Waals surface area contributed by atoms with Crippen LogP contribution in [-0.2, 0) is 4.79 Å². The minimum absolute atomic E-state index is 0.112. The summed E-state index contributed by atoms with van der Waals surface area (Å²) in [6.45, 7) is 4.22. The Morgan fingerprint density at radius 1 is 1.21 bits per heavy atom. The first-order valence-corrected chi connectivity index (χ1v) is 7.97. The third-order valence-electron chi connectivity index (χ3n) is 3.72. The Morgan fingerprint density at radius 2 is 1.92 bits per heavy atom. The lowest BCUT2D eigenvalue weighted by Gasteiger charge is -2.17. The number of rotatable bonds is 7. The molecule has 0 heterocycles. The Morgan fingerprint density at radius 3 is 2.58 bits per heavy atom. The number of benzene rings is 2. The van der Waals surface area contributed by atoms with Gasteiger partial charge < -0.3 is 15.7 Å². The standard InChI is InChI=1S/C19H23FN2O2/c1-13-6-8-15(9-7-13)18(23)12-21-14(2)10-19(24)22-17-5-3-4-16(20)11-17/h3-9,11,14,18,21,23H,10,12H2,1-2H3,(H,22,24). The van der Waals surface area contributed by atoms with Gasteiger partial charge in [0.2, 0.25) is 5.91 Å². The molecule has 2 atom stereocenters. The van der Waals surface area contributed by atoms with Crippen molar-refractivity contribution >= 4 is 11.6 Å². The van der Waals surface area contributed by atoms with Gasteiger partial charge in [0.05, 0.1) is 6.10 Å². The molecule has 0 saturated carbocycles. The van der Waals surface area contributed by atoms with Crippen molar-refractivity contribution in [3.63, 3.8) is 0 Å². The molecule has 128 valence electrons. The van der Waals surface area contributed by atoms with E-state index in [1.165, 1.54) is 12.1 Å². The number of aliphatic hydroxyl groups excluding tert-OH is 1. The maximum absolute atomic E-state index is 13.1. The molecule has 24 heavy (non-hydrogen) atoms. The van der Waals surface area contributed by atoms with Crippen LogP contribution in [-0.4, -0.2) is 23.6 Å². The molecule has 0 bridgehead atoms. The second-order valence-corrected chi connectivity index (χ2v) is 6.00. The van der Waals surface area contributed by atoms with Crippen LogP contribution in [0.4, 0.5) is 10.1 Å². The Balaban J connectivity index is 1.77. The molecule has 0 aromatic heterocycles. The van der Waals surface area contributed by atoms with Gasteiger partial charge in [-0.2, -0.15) is 0 Å². The van der Waals surface area contributed by atoms with Gasteiger partial charge in [-0.05, 0) is 37.6 Å². The number of aryl methyl sites for hydroxylation is 1. The fourth-order valence-corrected chi connectivity index (χ4v) is 2.35. The molecule has 2 unspecified atom stereocenters. The van der Waals surface area contributed by atoms with Gasteiger partial charge in [0.15, 0.2) is 0 Å². The predicted molar refractivity (Wildman–Crippen MR) is 93.3 cm³/mol. The van der Waals surface area contributed by atoms with E-state index in [4.69, 9.17) is 0 Å². The summed E-state index contributed by atoms with van der Waals surface area (Å²) >= 11 is 0. The fourth-order valence-electron chi connectivity index (χ4n) is 2.35. The zero-order valence-corrected chi connectivity index (χ0v) is 13.9. The van der Waals surface area contributed by atoms with Gasteiger partial charge in [-0.25, -0.2) is 4.39 Å². The molecule has 0 aliphatic rings. The third-order valence-corrected chi connectivity index (χ3v) is 3.72. The molecule has 4 nitrogen and oxygen atoms in total. The summed E-state index contributed by atoms with van der Waals surface area (Å²) in [6, 6.07) is 13.4. The number of hydrogen-bond acceptors (Lipinski definition) is 3. The van der Waals surface area contributed by atoms with E-state index in [1.54, 1.807) is 12.1 Å². The smallest absolute Gasteiger partial charge is 0.225 e. The normalized spacial score (nSPS) is 13.3. The Kier molecular flexibility index (Phi) is 6.46. The Hall–Kier alpha value is -2.24. The molecule has 1 amide bonds. The average Bonchev–Trinajstić information content (AvgIpc) is 2.53. The zero-order chi connectivity index (χ0) is 17.5. The molecule has 0 saturated heterocycles. The number of carbonyl (C=O) groups is 1. The molecule has 0 aliphatic heterocycles. The van der Waals surface area contributed by atoms with Gasteiger partial charge in [0.25, 0.3) is 0 Å². The van der Waals surface area contributed by atoms with Crippen molar-refractivity contribution < 1.29 is 14.3 Å². The van der Waals surface area contributed by atoms with Crippen LogP contribution in [0.5, 0.6) is 0 Å². The van der Waals surface area contributed by atoms with Crippen LogP contribution in [0.25, 0.3) is 0 Å². The van der Waals surface area contributed by atoms with Crippen molar-refractivity contribution in [2.24, 2.45) is 0 Å². The number of amides is 1. The lowest BCUT2D eigenvalue weighted by molar-refractivity contribution is -0.116. The third kappa shape index (κ3) is 5.76. The van der Waals surface area contributed by atoms with Crippen molar-refractivity contribution in [1.29, 1.82) is 0 Å². The van der Waals surface area contributed by atoms with Crippen LogP contribution < -0.4 is 10.6 Å². The topological polar surface area (TPSA) is 61.4 Å². The van der Waals surface area contributed by atoms with E-state index in [0.717, 1.165) is 11.1 Å². The van der Waals surface area contributed by atoms with Crippen LogP contribution in [0.2, 0.25) is 0 Å². The summed E-state index contributed by atoms with van der Waals surface area (Å²) < 4.78 is 13.1. The van der Waals surface area contributed by atoms with E-state index >= 15 is 0 Å². The Labute approximate surface area is 141 Å². The molecular weight excluding hydrogens is 307 g/mol. The second kappa shape index (κ2) is 8.57. The highest BCUT2D eigenvalue weighted by molar-refractivity contribution is 5.91. The molecule has 2 rings (SSSR count). The SMILES string of the molecule is Cc1ccc(C(O)CNC(C)CC(=O)Nc2cccc(F)c2)cc1. The van der Waals surface area contributed by atoms with E-state index in [9.17, 15) is 14.3 Å². The number of hydrogen-bond donors (Lipinski definition) is 3. The quantitative estimate of drug-likeness (QED) is 0.731. The van der Waals surface area contributed by atoms with Gasteiger partial charge >= 0.3 is 0 Å². The molecule has 0 fully saturated rings. The highest BCUT2D eigenvalue weighted by Gasteiger charge is 2.12. The molecule has 2 aromatic rings. The summed E-state index contributed by atoms with van der Waals surface area (Å²) in [5.74, 6) is -0.592. The Bertz CT molecular complexity index is 673. The summed E-state index contributed by atoms with van der Waals surface area (Å²) in [7, 11) is 0. The second-order valence-electron chi connectivity index (χ2n) is 6.00. The zero-order valence-electron chi connectivity index (χ0n) is 13.9. The lowest BCUT2D eigenvalue weighted by atomic mass is 10.1. The van der Waals surface area contributed by atoms with Crippen molar-refractivity contribution in [3.8, 4) is 0 Å². The van der Waals surface area contributed by atoms with Gasteiger partial charge in [0.1, 0.15) is 5.82 Å². The van der Waals surface area contributed by atoms with Gasteiger partial charge in [0, 0.05) is 24.7 Å².